The normalized spacial score (nSPS) is 10.4. The third-order valence-corrected chi connectivity index (χ3v) is 3.11. The molecule has 0 unspecified atom stereocenters. The number of hydrogen-bond acceptors (Lipinski definition) is 4. The van der Waals surface area contributed by atoms with Gasteiger partial charge in [-0.05, 0) is 37.0 Å². The van der Waals surface area contributed by atoms with E-state index in [0.717, 1.165) is 12.4 Å². The highest BCUT2D eigenvalue weighted by Crippen LogP contribution is 2.07. The van der Waals surface area contributed by atoms with Crippen LogP contribution in [0.15, 0.2) is 12.1 Å². The van der Waals surface area contributed by atoms with Crippen LogP contribution in [0.2, 0.25) is 5.15 Å². The first-order valence-electron chi connectivity index (χ1n) is 5.55. The van der Waals surface area contributed by atoms with Gasteiger partial charge in [0, 0.05) is 6.54 Å². The topological polar surface area (TPSA) is 37.8 Å². The second kappa shape index (κ2) is 8.65. The molecule has 0 saturated carbocycles. The summed E-state index contributed by atoms with van der Waals surface area (Å²) in [6.07, 6.45) is 7.24. The average molecular weight is 260 g/mol. The maximum absolute atomic E-state index is 5.64. The maximum Gasteiger partial charge on any atom is 0.151 e. The van der Waals surface area contributed by atoms with Gasteiger partial charge in [-0.25, -0.2) is 0 Å². The molecular weight excluding hydrogens is 242 g/mol. The number of halogens is 1. The van der Waals surface area contributed by atoms with Gasteiger partial charge in [-0.15, -0.1) is 10.2 Å². The monoisotopic (exact) mass is 259 g/mol. The van der Waals surface area contributed by atoms with Gasteiger partial charge in [0.05, 0.1) is 0 Å². The molecule has 0 aliphatic heterocycles. The molecule has 1 N–H and O–H groups in total. The number of anilines is 1. The molecule has 0 aliphatic carbocycles. The number of hydrogen-bond donors (Lipinski definition) is 1. The zero-order chi connectivity index (χ0) is 11.6. The Morgan fingerprint density at radius 1 is 1.19 bits per heavy atom. The Hall–Kier alpha value is -0.480. The van der Waals surface area contributed by atoms with E-state index in [4.69, 9.17) is 11.6 Å². The van der Waals surface area contributed by atoms with Crippen LogP contribution in [0.5, 0.6) is 0 Å². The summed E-state index contributed by atoms with van der Waals surface area (Å²) in [5.41, 5.74) is 0. The first-order chi connectivity index (χ1) is 7.83. The van der Waals surface area contributed by atoms with Gasteiger partial charge in [0.2, 0.25) is 0 Å². The first-order valence-corrected chi connectivity index (χ1v) is 7.32. The Kier molecular flexibility index (Phi) is 7.34. The van der Waals surface area contributed by atoms with Crippen LogP contribution in [0.25, 0.3) is 0 Å². The molecule has 90 valence electrons. The molecule has 0 spiro atoms. The van der Waals surface area contributed by atoms with Crippen LogP contribution in [-0.4, -0.2) is 28.8 Å². The van der Waals surface area contributed by atoms with Crippen molar-refractivity contribution in [3.63, 3.8) is 0 Å². The van der Waals surface area contributed by atoms with Crippen molar-refractivity contribution >= 4 is 29.2 Å². The highest BCUT2D eigenvalue weighted by molar-refractivity contribution is 7.98. The van der Waals surface area contributed by atoms with Gasteiger partial charge in [-0.1, -0.05) is 24.4 Å². The standard InChI is InChI=1S/C11H18ClN3S/c1-16-9-5-3-2-4-8-13-11-7-6-10(12)14-15-11/h6-7H,2-5,8-9H2,1H3,(H,13,15). The van der Waals surface area contributed by atoms with E-state index in [2.05, 4.69) is 21.8 Å². The van der Waals surface area contributed by atoms with Gasteiger partial charge in [0.1, 0.15) is 5.82 Å². The van der Waals surface area contributed by atoms with Crippen molar-refractivity contribution in [3.05, 3.63) is 17.3 Å². The lowest BCUT2D eigenvalue weighted by atomic mass is 10.2. The fraction of sp³-hybridized carbons (Fsp3) is 0.636. The van der Waals surface area contributed by atoms with Crippen LogP contribution >= 0.6 is 23.4 Å². The van der Waals surface area contributed by atoms with E-state index < -0.39 is 0 Å². The number of nitrogens with zero attached hydrogens (tertiary/aromatic N) is 2. The predicted octanol–water partition coefficient (Wildman–Crippen LogP) is 3.47. The van der Waals surface area contributed by atoms with Crippen molar-refractivity contribution in [2.45, 2.75) is 25.7 Å². The Bertz CT molecular complexity index is 279. The fourth-order valence-corrected chi connectivity index (χ4v) is 1.95. The second-order valence-corrected chi connectivity index (χ2v) is 4.95. The summed E-state index contributed by atoms with van der Waals surface area (Å²) in [4.78, 5) is 0. The van der Waals surface area contributed by atoms with E-state index >= 15 is 0 Å². The van der Waals surface area contributed by atoms with E-state index in [9.17, 15) is 0 Å². The lowest BCUT2D eigenvalue weighted by Crippen LogP contribution is -2.03. The van der Waals surface area contributed by atoms with Gasteiger partial charge in [-0.3, -0.25) is 0 Å². The minimum absolute atomic E-state index is 0.433. The Labute approximate surface area is 106 Å². The molecule has 0 aromatic carbocycles. The minimum atomic E-state index is 0.433. The molecule has 0 fully saturated rings. The summed E-state index contributed by atoms with van der Waals surface area (Å²) >= 11 is 7.56. The minimum Gasteiger partial charge on any atom is -0.369 e. The Morgan fingerprint density at radius 3 is 2.69 bits per heavy atom. The van der Waals surface area contributed by atoms with E-state index in [-0.39, 0.29) is 0 Å². The molecule has 1 rings (SSSR count). The average Bonchev–Trinajstić information content (AvgIpc) is 2.30. The highest BCUT2D eigenvalue weighted by Gasteiger charge is 1.94. The highest BCUT2D eigenvalue weighted by atomic mass is 35.5. The molecular formula is C11H18ClN3S. The zero-order valence-electron chi connectivity index (χ0n) is 9.58. The third kappa shape index (κ3) is 6.18. The van der Waals surface area contributed by atoms with Crippen molar-refractivity contribution in [1.82, 2.24) is 10.2 Å². The Morgan fingerprint density at radius 2 is 2.00 bits per heavy atom. The van der Waals surface area contributed by atoms with E-state index in [1.807, 2.05) is 17.8 Å². The lowest BCUT2D eigenvalue weighted by molar-refractivity contribution is 0.688. The molecule has 0 radical (unpaired) electrons. The van der Waals surface area contributed by atoms with E-state index in [1.54, 1.807) is 6.07 Å². The number of rotatable bonds is 8. The lowest BCUT2D eigenvalue weighted by Gasteiger charge is -2.04. The molecule has 3 nitrogen and oxygen atoms in total. The van der Waals surface area contributed by atoms with Crippen LogP contribution in [0.1, 0.15) is 25.7 Å². The summed E-state index contributed by atoms with van der Waals surface area (Å²) in [6, 6.07) is 3.60. The van der Waals surface area contributed by atoms with Gasteiger partial charge in [-0.2, -0.15) is 11.8 Å². The SMILES string of the molecule is CSCCCCCCNc1ccc(Cl)nn1. The quantitative estimate of drug-likeness (QED) is 0.726. The molecule has 0 bridgehead atoms. The third-order valence-electron chi connectivity index (χ3n) is 2.21. The fourth-order valence-electron chi connectivity index (χ4n) is 1.35. The summed E-state index contributed by atoms with van der Waals surface area (Å²) in [6.45, 7) is 0.954. The van der Waals surface area contributed by atoms with E-state index in [1.165, 1.54) is 31.4 Å². The predicted molar refractivity (Wildman–Crippen MR) is 72.4 cm³/mol. The van der Waals surface area contributed by atoms with Crippen molar-refractivity contribution in [1.29, 1.82) is 0 Å². The van der Waals surface area contributed by atoms with Gasteiger partial charge < -0.3 is 5.32 Å². The van der Waals surface area contributed by atoms with Crippen molar-refractivity contribution < 1.29 is 0 Å². The molecule has 1 aromatic heterocycles. The van der Waals surface area contributed by atoms with Crippen LogP contribution in [-0.2, 0) is 0 Å². The number of thioether (sulfide) groups is 1. The molecule has 16 heavy (non-hydrogen) atoms. The smallest absolute Gasteiger partial charge is 0.151 e. The molecule has 0 aliphatic rings. The van der Waals surface area contributed by atoms with Crippen LogP contribution < -0.4 is 5.32 Å². The maximum atomic E-state index is 5.64. The Balaban J connectivity index is 2.01. The zero-order valence-corrected chi connectivity index (χ0v) is 11.2. The molecule has 0 saturated heterocycles. The van der Waals surface area contributed by atoms with Crippen LogP contribution in [0.3, 0.4) is 0 Å². The number of nitrogens with one attached hydrogen (secondary N) is 1. The van der Waals surface area contributed by atoms with Crippen LogP contribution in [0, 0.1) is 0 Å². The molecule has 5 heteroatoms. The van der Waals surface area contributed by atoms with Gasteiger partial charge >= 0.3 is 0 Å². The van der Waals surface area contributed by atoms with Crippen molar-refractivity contribution in [2.75, 3.05) is 23.9 Å². The summed E-state index contributed by atoms with van der Waals surface area (Å²) < 4.78 is 0. The number of aromatic nitrogens is 2. The summed E-state index contributed by atoms with van der Waals surface area (Å²) in [5, 5.41) is 11.4. The largest absolute Gasteiger partial charge is 0.369 e. The second-order valence-electron chi connectivity index (χ2n) is 3.58. The summed E-state index contributed by atoms with van der Waals surface area (Å²) in [7, 11) is 0. The number of unbranched alkanes of at least 4 members (excludes halogenated alkanes) is 3. The summed E-state index contributed by atoms with van der Waals surface area (Å²) in [5.74, 6) is 2.07. The molecule has 1 heterocycles. The molecule has 0 atom stereocenters. The first kappa shape index (κ1) is 13.6. The van der Waals surface area contributed by atoms with Crippen molar-refractivity contribution in [3.8, 4) is 0 Å². The van der Waals surface area contributed by atoms with Crippen molar-refractivity contribution in [2.24, 2.45) is 0 Å². The van der Waals surface area contributed by atoms with Crippen LogP contribution in [0.4, 0.5) is 5.82 Å². The van der Waals surface area contributed by atoms with E-state index in [0.29, 0.717) is 5.15 Å². The molecule has 1 aromatic rings. The molecule has 0 amide bonds. The van der Waals surface area contributed by atoms with Gasteiger partial charge in [0.15, 0.2) is 5.15 Å². The van der Waals surface area contributed by atoms with Gasteiger partial charge in [0.25, 0.3) is 0 Å².